The minimum atomic E-state index is 0.102. The fraction of sp³-hybridized carbons (Fsp3) is 1.00. The minimum Gasteiger partial charge on any atom is -0.371 e. The third-order valence-corrected chi connectivity index (χ3v) is 4.41. The van der Waals surface area contributed by atoms with Gasteiger partial charge in [-0.05, 0) is 40.0 Å². The highest BCUT2D eigenvalue weighted by Gasteiger charge is 2.34. The summed E-state index contributed by atoms with van der Waals surface area (Å²) in [4.78, 5) is 2.63. The van der Waals surface area contributed by atoms with Crippen molar-refractivity contribution in [3.05, 3.63) is 0 Å². The Morgan fingerprint density at radius 1 is 1.39 bits per heavy atom. The van der Waals surface area contributed by atoms with Crippen LogP contribution in [0, 0.1) is 0 Å². The Kier molecular flexibility index (Phi) is 4.68. The van der Waals surface area contributed by atoms with E-state index in [0.29, 0.717) is 18.2 Å². The summed E-state index contributed by atoms with van der Waals surface area (Å²) in [7, 11) is 0. The second-order valence-corrected chi connectivity index (χ2v) is 6.73. The van der Waals surface area contributed by atoms with Gasteiger partial charge in [-0.3, -0.25) is 4.90 Å². The Hall–Kier alpha value is -0.120. The van der Waals surface area contributed by atoms with Crippen LogP contribution >= 0.6 is 0 Å². The maximum Gasteiger partial charge on any atom is 0.0710 e. The van der Waals surface area contributed by atoms with Gasteiger partial charge in [0.15, 0.2) is 0 Å². The molecule has 2 saturated heterocycles. The molecule has 2 fully saturated rings. The quantitative estimate of drug-likeness (QED) is 0.834. The van der Waals surface area contributed by atoms with Crippen molar-refractivity contribution in [2.45, 2.75) is 77.2 Å². The molecule has 2 aliphatic heterocycles. The molecule has 106 valence electrons. The highest BCUT2D eigenvalue weighted by atomic mass is 16.5. The van der Waals surface area contributed by atoms with E-state index in [1.807, 2.05) is 0 Å². The van der Waals surface area contributed by atoms with Crippen LogP contribution in [0.3, 0.4) is 0 Å². The molecular weight excluding hydrogens is 224 g/mol. The van der Waals surface area contributed by atoms with Gasteiger partial charge in [0.25, 0.3) is 0 Å². The molecule has 0 aromatic carbocycles. The van der Waals surface area contributed by atoms with Crippen LogP contribution in [0.2, 0.25) is 0 Å². The van der Waals surface area contributed by atoms with E-state index in [-0.39, 0.29) is 5.60 Å². The summed E-state index contributed by atoms with van der Waals surface area (Å²) >= 11 is 0. The van der Waals surface area contributed by atoms with E-state index >= 15 is 0 Å². The molecule has 0 aromatic rings. The van der Waals surface area contributed by atoms with E-state index < -0.39 is 0 Å². The molecule has 2 heterocycles. The summed E-state index contributed by atoms with van der Waals surface area (Å²) in [6, 6.07) is 1.33. The van der Waals surface area contributed by atoms with Gasteiger partial charge in [0, 0.05) is 31.7 Å². The van der Waals surface area contributed by atoms with Crippen LogP contribution in [0.5, 0.6) is 0 Å². The average molecular weight is 254 g/mol. The molecule has 0 amide bonds. The van der Waals surface area contributed by atoms with Crippen LogP contribution in [-0.4, -0.2) is 48.3 Å². The van der Waals surface area contributed by atoms with Crippen molar-refractivity contribution in [1.29, 1.82) is 0 Å². The van der Waals surface area contributed by atoms with Crippen molar-refractivity contribution < 1.29 is 4.74 Å². The molecule has 0 spiro atoms. The van der Waals surface area contributed by atoms with Crippen LogP contribution in [0.15, 0.2) is 0 Å². The van der Waals surface area contributed by atoms with Crippen molar-refractivity contribution in [3.63, 3.8) is 0 Å². The van der Waals surface area contributed by atoms with Gasteiger partial charge in [0.05, 0.1) is 11.7 Å². The van der Waals surface area contributed by atoms with E-state index in [4.69, 9.17) is 4.74 Å². The van der Waals surface area contributed by atoms with Crippen molar-refractivity contribution in [2.75, 3.05) is 19.6 Å². The van der Waals surface area contributed by atoms with E-state index in [1.165, 1.54) is 32.2 Å². The van der Waals surface area contributed by atoms with Crippen LogP contribution in [0.4, 0.5) is 0 Å². The number of nitrogens with one attached hydrogen (secondary N) is 1. The van der Waals surface area contributed by atoms with Crippen molar-refractivity contribution in [1.82, 2.24) is 10.2 Å². The molecule has 0 aromatic heterocycles. The molecule has 1 N–H and O–H groups in total. The third kappa shape index (κ3) is 3.69. The standard InChI is InChI=1S/C15H30N2O/c1-5-6-13-10-17(12(2)9-16-13)11-14-7-8-15(3,4)18-14/h12-14,16H,5-11H2,1-4H3. The lowest BCUT2D eigenvalue weighted by atomic mass is 10.0. The molecule has 0 saturated carbocycles. The van der Waals surface area contributed by atoms with Crippen LogP contribution in [0.1, 0.15) is 53.4 Å². The van der Waals surface area contributed by atoms with Gasteiger partial charge < -0.3 is 10.1 Å². The zero-order chi connectivity index (χ0) is 13.2. The van der Waals surface area contributed by atoms with E-state index in [2.05, 4.69) is 37.9 Å². The summed E-state index contributed by atoms with van der Waals surface area (Å²) < 4.78 is 6.13. The van der Waals surface area contributed by atoms with Crippen molar-refractivity contribution in [2.24, 2.45) is 0 Å². The first-order chi connectivity index (χ1) is 8.50. The van der Waals surface area contributed by atoms with Gasteiger partial charge in [-0.1, -0.05) is 13.3 Å². The molecule has 3 unspecified atom stereocenters. The normalized spacial score (nSPS) is 37.0. The molecule has 0 aliphatic carbocycles. The van der Waals surface area contributed by atoms with Gasteiger partial charge in [0.1, 0.15) is 0 Å². The number of piperazine rings is 1. The first kappa shape index (κ1) is 14.3. The SMILES string of the molecule is CCCC1CN(CC2CCC(C)(C)O2)C(C)CN1. The molecule has 2 rings (SSSR count). The van der Waals surface area contributed by atoms with Crippen molar-refractivity contribution in [3.8, 4) is 0 Å². The molecule has 3 heteroatoms. The third-order valence-electron chi connectivity index (χ3n) is 4.41. The molecule has 0 radical (unpaired) electrons. The monoisotopic (exact) mass is 254 g/mol. The van der Waals surface area contributed by atoms with E-state index in [9.17, 15) is 0 Å². The topological polar surface area (TPSA) is 24.5 Å². The van der Waals surface area contributed by atoms with E-state index in [0.717, 1.165) is 13.1 Å². The van der Waals surface area contributed by atoms with Gasteiger partial charge >= 0.3 is 0 Å². The second kappa shape index (κ2) is 5.89. The fourth-order valence-electron chi connectivity index (χ4n) is 3.26. The smallest absolute Gasteiger partial charge is 0.0710 e. The number of hydrogen-bond donors (Lipinski definition) is 1. The predicted molar refractivity (Wildman–Crippen MR) is 75.9 cm³/mol. The van der Waals surface area contributed by atoms with Gasteiger partial charge in [-0.2, -0.15) is 0 Å². The summed E-state index contributed by atoms with van der Waals surface area (Å²) in [5.41, 5.74) is 0.102. The summed E-state index contributed by atoms with van der Waals surface area (Å²) in [6.45, 7) is 12.5. The Bertz CT molecular complexity index is 267. The lowest BCUT2D eigenvalue weighted by Gasteiger charge is -2.40. The van der Waals surface area contributed by atoms with Gasteiger partial charge in [0.2, 0.25) is 0 Å². The summed E-state index contributed by atoms with van der Waals surface area (Å²) in [5.74, 6) is 0. The maximum absolute atomic E-state index is 6.13. The Balaban J connectivity index is 1.83. The number of nitrogens with zero attached hydrogens (tertiary/aromatic N) is 1. The number of rotatable bonds is 4. The molecule has 3 nitrogen and oxygen atoms in total. The Morgan fingerprint density at radius 2 is 2.17 bits per heavy atom. The van der Waals surface area contributed by atoms with Gasteiger partial charge in [-0.15, -0.1) is 0 Å². The highest BCUT2D eigenvalue weighted by Crippen LogP contribution is 2.30. The lowest BCUT2D eigenvalue weighted by Crippen LogP contribution is -2.56. The maximum atomic E-state index is 6.13. The molecule has 2 aliphatic rings. The average Bonchev–Trinajstić information content (AvgIpc) is 2.63. The zero-order valence-electron chi connectivity index (χ0n) is 12.5. The van der Waals surface area contributed by atoms with Crippen LogP contribution in [0.25, 0.3) is 0 Å². The Labute approximate surface area is 112 Å². The lowest BCUT2D eigenvalue weighted by molar-refractivity contribution is -0.0373. The zero-order valence-corrected chi connectivity index (χ0v) is 12.5. The summed E-state index contributed by atoms with van der Waals surface area (Å²) in [6.07, 6.45) is 5.44. The number of hydrogen-bond acceptors (Lipinski definition) is 3. The highest BCUT2D eigenvalue weighted by molar-refractivity contribution is 4.88. The van der Waals surface area contributed by atoms with Crippen molar-refractivity contribution >= 4 is 0 Å². The predicted octanol–water partition coefficient (Wildman–Crippen LogP) is 2.41. The molecule has 3 atom stereocenters. The molecule has 18 heavy (non-hydrogen) atoms. The first-order valence-corrected chi connectivity index (χ1v) is 7.65. The van der Waals surface area contributed by atoms with Crippen LogP contribution < -0.4 is 5.32 Å². The first-order valence-electron chi connectivity index (χ1n) is 7.65. The summed E-state index contributed by atoms with van der Waals surface area (Å²) in [5, 5.41) is 3.66. The fourth-order valence-corrected chi connectivity index (χ4v) is 3.26. The molecule has 0 bridgehead atoms. The van der Waals surface area contributed by atoms with Crippen LogP contribution in [-0.2, 0) is 4.74 Å². The Morgan fingerprint density at radius 3 is 2.78 bits per heavy atom. The van der Waals surface area contributed by atoms with E-state index in [1.54, 1.807) is 0 Å². The minimum absolute atomic E-state index is 0.102. The second-order valence-electron chi connectivity index (χ2n) is 6.73. The largest absolute Gasteiger partial charge is 0.371 e. The van der Waals surface area contributed by atoms with Gasteiger partial charge in [-0.25, -0.2) is 0 Å². The molecular formula is C15H30N2O. The number of ether oxygens (including phenoxy) is 1.